The third-order valence-corrected chi connectivity index (χ3v) is 5.71. The summed E-state index contributed by atoms with van der Waals surface area (Å²) in [6.07, 6.45) is 3.58. The molecule has 1 amide bonds. The van der Waals surface area contributed by atoms with E-state index in [4.69, 9.17) is 4.74 Å². The summed E-state index contributed by atoms with van der Waals surface area (Å²) in [6, 6.07) is 16.9. The summed E-state index contributed by atoms with van der Waals surface area (Å²) in [5.41, 5.74) is 0.814. The fourth-order valence-corrected chi connectivity index (χ4v) is 3.94. The first-order chi connectivity index (χ1) is 14.1. The maximum atomic E-state index is 13.0. The topological polar surface area (TPSA) is 81.9 Å². The van der Waals surface area contributed by atoms with Gasteiger partial charge in [0.05, 0.1) is 12.8 Å². The normalized spacial score (nSPS) is 21.5. The minimum Gasteiger partial charge on any atom is -0.497 e. The molecule has 3 aromatic rings. The summed E-state index contributed by atoms with van der Waals surface area (Å²) in [6.45, 7) is 2.24. The third kappa shape index (κ3) is 3.85. The first-order valence-electron chi connectivity index (χ1n) is 9.92. The maximum absolute atomic E-state index is 13.0. The van der Waals surface area contributed by atoms with E-state index in [0.717, 1.165) is 37.1 Å². The van der Waals surface area contributed by atoms with Gasteiger partial charge >= 0.3 is 0 Å². The number of nitrogens with zero attached hydrogens (tertiary/aromatic N) is 4. The van der Waals surface area contributed by atoms with Gasteiger partial charge in [0.2, 0.25) is 0 Å². The van der Waals surface area contributed by atoms with Crippen molar-refractivity contribution >= 4 is 5.91 Å². The van der Waals surface area contributed by atoms with Crippen LogP contribution in [0.1, 0.15) is 48.8 Å². The van der Waals surface area contributed by atoms with Gasteiger partial charge in [-0.1, -0.05) is 31.2 Å². The van der Waals surface area contributed by atoms with E-state index in [2.05, 4.69) is 27.8 Å². The number of amides is 1. The minimum atomic E-state index is -0.619. The van der Waals surface area contributed by atoms with Crippen LogP contribution in [0.2, 0.25) is 0 Å². The quantitative estimate of drug-likeness (QED) is 0.720. The van der Waals surface area contributed by atoms with E-state index in [1.807, 2.05) is 54.6 Å². The van der Waals surface area contributed by atoms with Crippen LogP contribution in [0.4, 0.5) is 0 Å². The smallest absolute Gasteiger partial charge is 0.252 e. The lowest BCUT2D eigenvalue weighted by Crippen LogP contribution is -2.49. The standard InChI is InChI=1S/C22H25N5O2/c1-16-11-13-22(14-12-16,23-20(28)17-7-4-3-5-8-17)21-24-25-26-27(21)18-9-6-10-19(15-18)29-2/h3-10,15-16H,11-14H2,1-2H3,(H,23,28). The van der Waals surface area contributed by atoms with Gasteiger partial charge in [0.1, 0.15) is 11.3 Å². The van der Waals surface area contributed by atoms with E-state index in [0.29, 0.717) is 17.3 Å². The van der Waals surface area contributed by atoms with Gasteiger partial charge in [-0.3, -0.25) is 4.79 Å². The highest BCUT2D eigenvalue weighted by Gasteiger charge is 2.42. The molecule has 0 bridgehead atoms. The molecule has 7 nitrogen and oxygen atoms in total. The van der Waals surface area contributed by atoms with Crippen LogP contribution in [0, 0.1) is 5.92 Å². The Hall–Kier alpha value is -3.22. The summed E-state index contributed by atoms with van der Waals surface area (Å²) in [7, 11) is 1.63. The molecule has 0 saturated heterocycles. The van der Waals surface area contributed by atoms with Gasteiger partial charge in [-0.15, -0.1) is 5.10 Å². The van der Waals surface area contributed by atoms with Crippen LogP contribution in [0.15, 0.2) is 54.6 Å². The molecule has 2 aromatic carbocycles. The van der Waals surface area contributed by atoms with Crippen molar-refractivity contribution < 1.29 is 9.53 Å². The summed E-state index contributed by atoms with van der Waals surface area (Å²) < 4.78 is 7.06. The van der Waals surface area contributed by atoms with Crippen LogP contribution in [-0.2, 0) is 5.54 Å². The van der Waals surface area contributed by atoms with E-state index < -0.39 is 5.54 Å². The highest BCUT2D eigenvalue weighted by atomic mass is 16.5. The van der Waals surface area contributed by atoms with Crippen molar-refractivity contribution in [2.45, 2.75) is 38.1 Å². The molecule has 1 saturated carbocycles. The van der Waals surface area contributed by atoms with Crippen molar-refractivity contribution in [1.82, 2.24) is 25.5 Å². The number of hydrogen-bond donors (Lipinski definition) is 1. The monoisotopic (exact) mass is 391 g/mol. The van der Waals surface area contributed by atoms with Gasteiger partial charge in [-0.25, -0.2) is 0 Å². The van der Waals surface area contributed by atoms with Crippen LogP contribution in [-0.4, -0.2) is 33.2 Å². The largest absolute Gasteiger partial charge is 0.497 e. The van der Waals surface area contributed by atoms with E-state index >= 15 is 0 Å². The molecule has 1 aliphatic rings. The molecule has 0 unspecified atom stereocenters. The van der Waals surface area contributed by atoms with Gasteiger partial charge in [0.15, 0.2) is 5.82 Å². The molecule has 150 valence electrons. The van der Waals surface area contributed by atoms with E-state index in [9.17, 15) is 4.79 Å². The van der Waals surface area contributed by atoms with Gasteiger partial charge in [0.25, 0.3) is 5.91 Å². The Kier molecular flexibility index (Phi) is 5.29. The Bertz CT molecular complexity index is 978. The number of methoxy groups -OCH3 is 1. The SMILES string of the molecule is COc1cccc(-n2nnnc2C2(NC(=O)c3ccccc3)CCC(C)CC2)c1. The Balaban J connectivity index is 1.73. The molecular formula is C22H25N5O2. The molecule has 4 rings (SSSR count). The van der Waals surface area contributed by atoms with E-state index in [1.165, 1.54) is 0 Å². The Morgan fingerprint density at radius 3 is 2.62 bits per heavy atom. The lowest BCUT2D eigenvalue weighted by molar-refractivity contribution is 0.0836. The molecule has 1 aliphatic carbocycles. The van der Waals surface area contributed by atoms with Crippen molar-refractivity contribution in [3.8, 4) is 11.4 Å². The lowest BCUT2D eigenvalue weighted by Gasteiger charge is -2.39. The van der Waals surface area contributed by atoms with Crippen LogP contribution >= 0.6 is 0 Å². The average Bonchev–Trinajstić information content (AvgIpc) is 3.27. The lowest BCUT2D eigenvalue weighted by atomic mass is 9.76. The zero-order valence-corrected chi connectivity index (χ0v) is 16.7. The molecular weight excluding hydrogens is 366 g/mol. The van der Waals surface area contributed by atoms with Gasteiger partial charge in [-0.05, 0) is 66.3 Å². The van der Waals surface area contributed by atoms with Crippen LogP contribution in [0.25, 0.3) is 5.69 Å². The predicted molar refractivity (Wildman–Crippen MR) is 109 cm³/mol. The number of tetrazole rings is 1. The van der Waals surface area contributed by atoms with Crippen molar-refractivity contribution in [1.29, 1.82) is 0 Å². The fraction of sp³-hybridized carbons (Fsp3) is 0.364. The Morgan fingerprint density at radius 1 is 1.14 bits per heavy atom. The number of nitrogens with one attached hydrogen (secondary N) is 1. The van der Waals surface area contributed by atoms with E-state index in [-0.39, 0.29) is 5.91 Å². The summed E-state index contributed by atoms with van der Waals surface area (Å²) in [5, 5.41) is 15.8. The third-order valence-electron chi connectivity index (χ3n) is 5.71. The minimum absolute atomic E-state index is 0.111. The molecule has 7 heteroatoms. The molecule has 0 aliphatic heterocycles. The van der Waals surface area contributed by atoms with Crippen LogP contribution in [0.3, 0.4) is 0 Å². The molecule has 1 aromatic heterocycles. The van der Waals surface area contributed by atoms with Crippen molar-refractivity contribution in [2.75, 3.05) is 7.11 Å². The van der Waals surface area contributed by atoms with Gasteiger partial charge in [-0.2, -0.15) is 4.68 Å². The molecule has 1 fully saturated rings. The summed E-state index contributed by atoms with van der Waals surface area (Å²) in [5.74, 6) is 1.88. The number of aromatic nitrogens is 4. The molecule has 0 atom stereocenters. The van der Waals surface area contributed by atoms with E-state index in [1.54, 1.807) is 11.8 Å². The second-order valence-corrected chi connectivity index (χ2v) is 7.70. The Morgan fingerprint density at radius 2 is 1.90 bits per heavy atom. The maximum Gasteiger partial charge on any atom is 0.252 e. The van der Waals surface area contributed by atoms with Crippen molar-refractivity contribution in [3.05, 3.63) is 66.0 Å². The predicted octanol–water partition coefficient (Wildman–Crippen LogP) is 3.51. The summed E-state index contributed by atoms with van der Waals surface area (Å²) in [4.78, 5) is 13.0. The second kappa shape index (κ2) is 8.03. The average molecular weight is 391 g/mol. The molecule has 0 spiro atoms. The van der Waals surface area contributed by atoms with Gasteiger partial charge in [0, 0.05) is 11.6 Å². The number of rotatable bonds is 5. The molecule has 0 radical (unpaired) electrons. The van der Waals surface area contributed by atoms with Crippen molar-refractivity contribution in [3.63, 3.8) is 0 Å². The number of hydrogen-bond acceptors (Lipinski definition) is 5. The summed E-state index contributed by atoms with van der Waals surface area (Å²) >= 11 is 0. The van der Waals surface area contributed by atoms with Crippen LogP contribution in [0.5, 0.6) is 5.75 Å². The number of ether oxygens (including phenoxy) is 1. The highest BCUT2D eigenvalue weighted by Crippen LogP contribution is 2.39. The number of carbonyl (C=O) groups excluding carboxylic acids is 1. The number of carbonyl (C=O) groups is 1. The molecule has 29 heavy (non-hydrogen) atoms. The number of benzene rings is 2. The molecule has 1 N–H and O–H groups in total. The zero-order chi connectivity index (χ0) is 20.3. The van der Waals surface area contributed by atoms with Gasteiger partial charge < -0.3 is 10.1 Å². The van der Waals surface area contributed by atoms with Crippen molar-refractivity contribution in [2.24, 2.45) is 5.92 Å². The fourth-order valence-electron chi connectivity index (χ4n) is 3.94. The second-order valence-electron chi connectivity index (χ2n) is 7.70. The molecule has 1 heterocycles. The van der Waals surface area contributed by atoms with Crippen LogP contribution < -0.4 is 10.1 Å². The first-order valence-corrected chi connectivity index (χ1v) is 9.92. The highest BCUT2D eigenvalue weighted by molar-refractivity contribution is 5.94. The first kappa shape index (κ1) is 19.1. The Labute approximate surface area is 170 Å². The zero-order valence-electron chi connectivity index (χ0n) is 16.7.